The maximum atomic E-state index is 13.1. The first-order valence-corrected chi connectivity index (χ1v) is 45.1. The van der Waals surface area contributed by atoms with Crippen molar-refractivity contribution in [3.8, 4) is 0 Å². The van der Waals surface area contributed by atoms with Gasteiger partial charge in [-0.05, 0) is 31.6 Å². The lowest BCUT2D eigenvalue weighted by molar-refractivity contribution is -0.161. The van der Waals surface area contributed by atoms with Gasteiger partial charge in [-0.25, -0.2) is 9.13 Å². The molecule has 0 heterocycles. The molecule has 0 amide bonds. The van der Waals surface area contributed by atoms with Gasteiger partial charge in [0.25, 0.3) is 0 Å². The summed E-state index contributed by atoms with van der Waals surface area (Å²) in [6.07, 6.45) is 65.1. The molecule has 100 heavy (non-hydrogen) atoms. The molecule has 0 radical (unpaired) electrons. The average Bonchev–Trinajstić information content (AvgIpc) is 0.991. The Labute approximate surface area is 613 Å². The third-order valence-corrected chi connectivity index (χ3v) is 20.9. The van der Waals surface area contributed by atoms with Gasteiger partial charge in [0.15, 0.2) is 12.2 Å². The fraction of sp³-hybridized carbons (Fsp3) is 0.951. The van der Waals surface area contributed by atoms with Gasteiger partial charge in [-0.3, -0.25) is 37.3 Å². The number of carbonyl (C=O) groups excluding carboxylic acids is 4. The minimum atomic E-state index is -4.96. The summed E-state index contributed by atoms with van der Waals surface area (Å²) >= 11 is 0. The third kappa shape index (κ3) is 74.3. The fourth-order valence-electron chi connectivity index (χ4n) is 12.6. The molecule has 0 aliphatic rings. The molecule has 0 aliphatic carbocycles. The Kier molecular flexibility index (Phi) is 72.5. The Hall–Kier alpha value is -1.94. The normalized spacial score (nSPS) is 13.8. The number of carbonyl (C=O) groups is 4. The van der Waals surface area contributed by atoms with Crippen LogP contribution >= 0.6 is 15.6 Å². The van der Waals surface area contributed by atoms with Gasteiger partial charge in [0.05, 0.1) is 26.4 Å². The molecule has 0 spiro atoms. The second kappa shape index (κ2) is 73.9. The molecular weight excluding hydrogens is 1310 g/mol. The highest BCUT2D eigenvalue weighted by molar-refractivity contribution is 7.47. The van der Waals surface area contributed by atoms with Crippen molar-refractivity contribution >= 4 is 39.5 Å². The first kappa shape index (κ1) is 98.1. The predicted molar refractivity (Wildman–Crippen MR) is 409 cm³/mol. The van der Waals surface area contributed by atoms with E-state index in [2.05, 4.69) is 34.6 Å². The molecule has 0 saturated heterocycles. The number of ether oxygens (including phenoxy) is 4. The van der Waals surface area contributed by atoms with Gasteiger partial charge in [0, 0.05) is 25.7 Å². The third-order valence-electron chi connectivity index (χ3n) is 19.0. The Balaban J connectivity index is 5.26. The quantitative estimate of drug-likeness (QED) is 0.0222. The number of hydrogen-bond acceptors (Lipinski definition) is 15. The Morgan fingerprint density at radius 2 is 0.460 bits per heavy atom. The molecule has 0 bridgehead atoms. The standard InChI is InChI=1S/C81H158O17P2/c1-6-9-12-15-18-21-24-27-30-32-35-38-41-46-52-57-62-67-81(86)97-76(70-91-78(83)64-59-54-49-44-39-36-34-31-28-25-22-19-16-13-10-7-2)72-95-99(87,88)93-68-75(82)69-94-100(89,90)96-73-77(71-92-79(84)65-60-55-50-47-42-43-48-53-58-63-74(4)5)98-80(85)66-61-56-51-45-40-37-33-29-26-23-20-17-14-11-8-3/h74-77,82H,6-73H2,1-5H3,(H,87,88)(H,89,90)/t75-,76-,77-/m1/s1. The van der Waals surface area contributed by atoms with Crippen molar-refractivity contribution in [1.82, 2.24) is 0 Å². The summed E-state index contributed by atoms with van der Waals surface area (Å²) in [4.78, 5) is 73.1. The van der Waals surface area contributed by atoms with Crippen molar-refractivity contribution in [1.29, 1.82) is 0 Å². The van der Waals surface area contributed by atoms with Crippen LogP contribution in [-0.4, -0.2) is 96.7 Å². The van der Waals surface area contributed by atoms with Crippen LogP contribution in [-0.2, 0) is 65.4 Å². The van der Waals surface area contributed by atoms with Crippen LogP contribution in [0.4, 0.5) is 0 Å². The summed E-state index contributed by atoms with van der Waals surface area (Å²) in [6.45, 7) is 7.33. The van der Waals surface area contributed by atoms with E-state index in [1.54, 1.807) is 0 Å². The number of hydrogen-bond donors (Lipinski definition) is 3. The summed E-state index contributed by atoms with van der Waals surface area (Å²) in [7, 11) is -9.92. The van der Waals surface area contributed by atoms with Gasteiger partial charge in [-0.2, -0.15) is 0 Å². The zero-order valence-electron chi connectivity index (χ0n) is 65.3. The maximum absolute atomic E-state index is 13.1. The zero-order valence-corrected chi connectivity index (χ0v) is 67.1. The maximum Gasteiger partial charge on any atom is 0.472 e. The highest BCUT2D eigenvalue weighted by Gasteiger charge is 2.30. The zero-order chi connectivity index (χ0) is 73.4. The van der Waals surface area contributed by atoms with Crippen molar-refractivity contribution < 1.29 is 80.2 Å². The van der Waals surface area contributed by atoms with E-state index in [0.29, 0.717) is 25.7 Å². The summed E-state index contributed by atoms with van der Waals surface area (Å²) in [5.41, 5.74) is 0. The lowest BCUT2D eigenvalue weighted by atomic mass is 10.0. The van der Waals surface area contributed by atoms with E-state index in [-0.39, 0.29) is 25.7 Å². The van der Waals surface area contributed by atoms with Gasteiger partial charge in [-0.15, -0.1) is 0 Å². The average molecular weight is 1470 g/mol. The monoisotopic (exact) mass is 1470 g/mol. The molecule has 17 nitrogen and oxygen atoms in total. The minimum absolute atomic E-state index is 0.108. The smallest absolute Gasteiger partial charge is 0.462 e. The van der Waals surface area contributed by atoms with E-state index >= 15 is 0 Å². The molecule has 594 valence electrons. The SMILES string of the molecule is CCCCCCCCCCCCCCCCCCCC(=O)O[C@H](COC(=O)CCCCCCCCCCCCCCCCCC)COP(=O)(O)OC[C@@H](O)COP(=O)(O)OC[C@@H](COC(=O)CCCCCCCCCCCC(C)C)OC(=O)CCCCCCCCCCCCCCCCC. The van der Waals surface area contributed by atoms with Crippen LogP contribution in [0.3, 0.4) is 0 Å². The van der Waals surface area contributed by atoms with Gasteiger partial charge in [0.2, 0.25) is 0 Å². The first-order valence-electron chi connectivity index (χ1n) is 42.1. The topological polar surface area (TPSA) is 237 Å². The number of aliphatic hydroxyl groups is 1. The van der Waals surface area contributed by atoms with Crippen LogP contribution in [0.15, 0.2) is 0 Å². The van der Waals surface area contributed by atoms with Crippen LogP contribution in [0.2, 0.25) is 0 Å². The second-order valence-electron chi connectivity index (χ2n) is 29.6. The Morgan fingerprint density at radius 1 is 0.270 bits per heavy atom. The molecule has 0 fully saturated rings. The van der Waals surface area contributed by atoms with Crippen LogP contribution in [0.25, 0.3) is 0 Å². The fourth-order valence-corrected chi connectivity index (χ4v) is 14.2. The van der Waals surface area contributed by atoms with E-state index in [0.717, 1.165) is 95.8 Å². The Morgan fingerprint density at radius 3 is 0.680 bits per heavy atom. The number of unbranched alkanes of at least 4 members (excludes halogenated alkanes) is 53. The van der Waals surface area contributed by atoms with Gasteiger partial charge in [-0.1, -0.05) is 381 Å². The predicted octanol–water partition coefficient (Wildman–Crippen LogP) is 24.4. The molecule has 3 N–H and O–H groups in total. The molecule has 0 aromatic rings. The van der Waals surface area contributed by atoms with Gasteiger partial charge < -0.3 is 33.8 Å². The van der Waals surface area contributed by atoms with E-state index < -0.39 is 97.5 Å². The van der Waals surface area contributed by atoms with E-state index in [4.69, 9.17) is 37.0 Å². The number of aliphatic hydroxyl groups excluding tert-OH is 1. The number of phosphoric ester groups is 2. The van der Waals surface area contributed by atoms with Crippen LogP contribution in [0, 0.1) is 5.92 Å². The first-order chi connectivity index (χ1) is 48.5. The molecule has 19 heteroatoms. The molecule has 2 unspecified atom stereocenters. The number of rotatable bonds is 81. The van der Waals surface area contributed by atoms with Crippen molar-refractivity contribution in [2.75, 3.05) is 39.6 Å². The van der Waals surface area contributed by atoms with E-state index in [1.165, 1.54) is 257 Å². The molecule has 5 atom stereocenters. The lowest BCUT2D eigenvalue weighted by Crippen LogP contribution is -2.30. The summed E-state index contributed by atoms with van der Waals surface area (Å²) in [6, 6.07) is 0. The summed E-state index contributed by atoms with van der Waals surface area (Å²) < 4.78 is 68.8. The van der Waals surface area contributed by atoms with Crippen molar-refractivity contribution in [3.63, 3.8) is 0 Å². The molecule has 0 aliphatic heterocycles. The lowest BCUT2D eigenvalue weighted by Gasteiger charge is -2.21. The highest BCUT2D eigenvalue weighted by atomic mass is 31.2. The largest absolute Gasteiger partial charge is 0.472 e. The van der Waals surface area contributed by atoms with Crippen molar-refractivity contribution in [2.45, 2.75) is 451 Å². The minimum Gasteiger partial charge on any atom is -0.462 e. The van der Waals surface area contributed by atoms with Crippen LogP contribution in [0.5, 0.6) is 0 Å². The highest BCUT2D eigenvalue weighted by Crippen LogP contribution is 2.45. The van der Waals surface area contributed by atoms with E-state index in [9.17, 15) is 43.2 Å². The molecule has 0 aromatic heterocycles. The number of phosphoric acid groups is 2. The summed E-state index contributed by atoms with van der Waals surface area (Å²) in [5, 5.41) is 10.6. The molecule has 0 aromatic carbocycles. The molecule has 0 saturated carbocycles. The number of esters is 4. The van der Waals surface area contributed by atoms with Gasteiger partial charge >= 0.3 is 39.5 Å². The van der Waals surface area contributed by atoms with Crippen molar-refractivity contribution in [2.24, 2.45) is 5.92 Å². The van der Waals surface area contributed by atoms with Gasteiger partial charge in [0.1, 0.15) is 19.3 Å². The van der Waals surface area contributed by atoms with Crippen LogP contribution in [0.1, 0.15) is 433 Å². The Bertz CT molecular complexity index is 1910. The van der Waals surface area contributed by atoms with E-state index in [1.807, 2.05) is 0 Å². The molecule has 0 rings (SSSR count). The molecular formula is C81H158O17P2. The van der Waals surface area contributed by atoms with Crippen molar-refractivity contribution in [3.05, 3.63) is 0 Å². The second-order valence-corrected chi connectivity index (χ2v) is 32.5. The summed E-state index contributed by atoms with van der Waals surface area (Å²) in [5.74, 6) is -1.36. The van der Waals surface area contributed by atoms with Crippen LogP contribution < -0.4 is 0 Å².